The summed E-state index contributed by atoms with van der Waals surface area (Å²) in [6, 6.07) is 0. The van der Waals surface area contributed by atoms with Gasteiger partial charge in [0.05, 0.1) is 11.5 Å². The Morgan fingerprint density at radius 2 is 2.40 bits per heavy atom. The van der Waals surface area contributed by atoms with Crippen molar-refractivity contribution in [1.29, 1.82) is 0 Å². The Bertz CT molecular complexity index is 383. The molecule has 6 nitrogen and oxygen atoms in total. The molecule has 0 unspecified atom stereocenters. The molecule has 15 heavy (non-hydrogen) atoms. The van der Waals surface area contributed by atoms with Gasteiger partial charge in [-0.05, 0) is 6.42 Å². The van der Waals surface area contributed by atoms with Crippen LogP contribution in [0.2, 0.25) is 5.15 Å². The maximum absolute atomic E-state index is 10.6. The van der Waals surface area contributed by atoms with Crippen LogP contribution in [-0.4, -0.2) is 21.5 Å². The second kappa shape index (κ2) is 5.26. The Hall–Kier alpha value is -1.69. The summed E-state index contributed by atoms with van der Waals surface area (Å²) in [5.74, 6) is -0.123. The molecule has 7 heteroatoms. The number of hydrogen-bond acceptors (Lipinski definition) is 5. The van der Waals surface area contributed by atoms with Crippen molar-refractivity contribution in [3.05, 3.63) is 34.2 Å². The predicted molar refractivity (Wildman–Crippen MR) is 54.0 cm³/mol. The smallest absolute Gasteiger partial charge is 0.367 e. The number of nitro groups is 1. The molecule has 0 aliphatic heterocycles. The zero-order valence-corrected chi connectivity index (χ0v) is 8.48. The zero-order valence-electron chi connectivity index (χ0n) is 7.72. The number of halogens is 1. The van der Waals surface area contributed by atoms with E-state index in [-0.39, 0.29) is 17.6 Å². The van der Waals surface area contributed by atoms with Crippen LogP contribution in [0.1, 0.15) is 6.42 Å². The van der Waals surface area contributed by atoms with E-state index in [1.54, 1.807) is 6.08 Å². The molecule has 0 amide bonds. The molecular weight excluding hydrogens is 222 g/mol. The van der Waals surface area contributed by atoms with E-state index in [9.17, 15) is 10.1 Å². The summed E-state index contributed by atoms with van der Waals surface area (Å²) in [6.45, 7) is 3.76. The van der Waals surface area contributed by atoms with Crippen molar-refractivity contribution >= 4 is 17.3 Å². The molecule has 0 aliphatic carbocycles. The van der Waals surface area contributed by atoms with Gasteiger partial charge in [-0.2, -0.15) is 4.98 Å². The van der Waals surface area contributed by atoms with Crippen molar-refractivity contribution in [3.63, 3.8) is 0 Å². The molecule has 0 aliphatic rings. The quantitative estimate of drug-likeness (QED) is 0.254. The lowest BCUT2D eigenvalue weighted by Crippen LogP contribution is -2.03. The van der Waals surface area contributed by atoms with E-state index in [0.29, 0.717) is 6.42 Å². The van der Waals surface area contributed by atoms with Crippen LogP contribution >= 0.6 is 11.6 Å². The van der Waals surface area contributed by atoms with E-state index in [1.165, 1.54) is 0 Å². The molecule has 1 aromatic rings. The minimum atomic E-state index is -0.675. The van der Waals surface area contributed by atoms with Gasteiger partial charge in [-0.1, -0.05) is 17.7 Å². The fourth-order valence-electron chi connectivity index (χ4n) is 0.840. The topological polar surface area (TPSA) is 78.2 Å². The van der Waals surface area contributed by atoms with Crippen LogP contribution in [0.25, 0.3) is 0 Å². The van der Waals surface area contributed by atoms with E-state index >= 15 is 0 Å². The number of nitrogens with zero attached hydrogens (tertiary/aromatic N) is 3. The van der Waals surface area contributed by atoms with Crippen LogP contribution in [0.5, 0.6) is 5.88 Å². The van der Waals surface area contributed by atoms with Gasteiger partial charge in [0.2, 0.25) is 5.15 Å². The lowest BCUT2D eigenvalue weighted by molar-refractivity contribution is -0.386. The maximum atomic E-state index is 10.6. The van der Waals surface area contributed by atoms with Gasteiger partial charge in [-0.25, -0.2) is 4.98 Å². The van der Waals surface area contributed by atoms with Crippen LogP contribution in [0.4, 0.5) is 5.69 Å². The highest BCUT2D eigenvalue weighted by atomic mass is 35.5. The second-order valence-electron chi connectivity index (χ2n) is 2.50. The fourth-order valence-corrected chi connectivity index (χ4v) is 1.03. The summed E-state index contributed by atoms with van der Waals surface area (Å²) >= 11 is 5.54. The second-order valence-corrected chi connectivity index (χ2v) is 2.86. The molecule has 0 aromatic carbocycles. The van der Waals surface area contributed by atoms with Crippen LogP contribution in [0.3, 0.4) is 0 Å². The van der Waals surface area contributed by atoms with Gasteiger partial charge in [0.1, 0.15) is 6.33 Å². The number of ether oxygens (including phenoxy) is 1. The van der Waals surface area contributed by atoms with E-state index in [4.69, 9.17) is 16.3 Å². The Morgan fingerprint density at radius 1 is 1.67 bits per heavy atom. The number of rotatable bonds is 5. The number of hydrogen-bond donors (Lipinski definition) is 0. The van der Waals surface area contributed by atoms with Gasteiger partial charge >= 0.3 is 5.69 Å². The first kappa shape index (κ1) is 11.4. The molecule has 0 saturated heterocycles. The van der Waals surface area contributed by atoms with E-state index < -0.39 is 10.6 Å². The first-order valence-electron chi connectivity index (χ1n) is 4.05. The Labute approximate surface area is 90.7 Å². The zero-order chi connectivity index (χ0) is 11.3. The largest absolute Gasteiger partial charge is 0.472 e. The highest BCUT2D eigenvalue weighted by Gasteiger charge is 2.22. The standard InChI is InChI=1S/C8H8ClN3O3/c1-2-3-4-15-8-6(12(13)14)7(9)10-5-11-8/h2,5H,1,3-4H2. The first-order valence-corrected chi connectivity index (χ1v) is 4.43. The first-order chi connectivity index (χ1) is 7.16. The van der Waals surface area contributed by atoms with Gasteiger partial charge in [0.25, 0.3) is 5.88 Å². The summed E-state index contributed by atoms with van der Waals surface area (Å²) < 4.78 is 5.07. The summed E-state index contributed by atoms with van der Waals surface area (Å²) in [4.78, 5) is 17.1. The molecule has 1 heterocycles. The van der Waals surface area contributed by atoms with Crippen LogP contribution in [0.15, 0.2) is 19.0 Å². The van der Waals surface area contributed by atoms with E-state index in [1.807, 2.05) is 0 Å². The van der Waals surface area contributed by atoms with Crippen molar-refractivity contribution in [2.45, 2.75) is 6.42 Å². The van der Waals surface area contributed by atoms with Gasteiger partial charge < -0.3 is 4.74 Å². The molecule has 0 saturated carbocycles. The number of aromatic nitrogens is 2. The molecule has 0 spiro atoms. The van der Waals surface area contributed by atoms with Crippen molar-refractivity contribution in [2.24, 2.45) is 0 Å². The molecule has 1 aromatic heterocycles. The molecule has 0 radical (unpaired) electrons. The maximum Gasteiger partial charge on any atom is 0.367 e. The summed E-state index contributed by atoms with van der Waals surface area (Å²) in [5.41, 5.74) is -0.414. The van der Waals surface area contributed by atoms with Gasteiger partial charge in [-0.3, -0.25) is 10.1 Å². The Kier molecular flexibility index (Phi) is 3.99. The minimum absolute atomic E-state index is 0.123. The fraction of sp³-hybridized carbons (Fsp3) is 0.250. The predicted octanol–water partition coefficient (Wildman–Crippen LogP) is 1.99. The van der Waals surface area contributed by atoms with E-state index in [0.717, 1.165) is 6.33 Å². The molecule has 0 bridgehead atoms. The molecule has 1 rings (SSSR count). The minimum Gasteiger partial charge on any atom is -0.472 e. The van der Waals surface area contributed by atoms with E-state index in [2.05, 4.69) is 16.5 Å². The van der Waals surface area contributed by atoms with Crippen molar-refractivity contribution in [3.8, 4) is 5.88 Å². The van der Waals surface area contributed by atoms with Gasteiger partial charge in [0, 0.05) is 0 Å². The average Bonchev–Trinajstić information content (AvgIpc) is 2.17. The van der Waals surface area contributed by atoms with Crippen LogP contribution in [0, 0.1) is 10.1 Å². The highest BCUT2D eigenvalue weighted by Crippen LogP contribution is 2.30. The third kappa shape index (κ3) is 2.88. The molecule has 0 N–H and O–H groups in total. The van der Waals surface area contributed by atoms with Crippen molar-refractivity contribution in [1.82, 2.24) is 9.97 Å². The Morgan fingerprint density at radius 3 is 3.00 bits per heavy atom. The van der Waals surface area contributed by atoms with Crippen molar-refractivity contribution < 1.29 is 9.66 Å². The lowest BCUT2D eigenvalue weighted by atomic mass is 10.4. The molecule has 80 valence electrons. The molecule has 0 atom stereocenters. The highest BCUT2D eigenvalue weighted by molar-refractivity contribution is 6.31. The summed E-state index contributed by atoms with van der Waals surface area (Å²) in [7, 11) is 0. The third-order valence-corrected chi connectivity index (χ3v) is 1.76. The molecule has 0 fully saturated rings. The normalized spacial score (nSPS) is 9.67. The summed E-state index contributed by atoms with van der Waals surface area (Å²) in [5, 5.41) is 10.4. The van der Waals surface area contributed by atoms with Crippen LogP contribution in [-0.2, 0) is 0 Å². The van der Waals surface area contributed by atoms with Gasteiger partial charge in [-0.15, -0.1) is 6.58 Å². The monoisotopic (exact) mass is 229 g/mol. The molecular formula is C8H8ClN3O3. The summed E-state index contributed by atoms with van der Waals surface area (Å²) in [6.07, 6.45) is 3.31. The third-order valence-electron chi connectivity index (χ3n) is 1.49. The Balaban J connectivity index is 2.90. The lowest BCUT2D eigenvalue weighted by Gasteiger charge is -2.03. The van der Waals surface area contributed by atoms with Gasteiger partial charge in [0.15, 0.2) is 0 Å². The van der Waals surface area contributed by atoms with Crippen LogP contribution < -0.4 is 4.74 Å². The SMILES string of the molecule is C=CCCOc1ncnc(Cl)c1[N+](=O)[O-]. The van der Waals surface area contributed by atoms with Crippen molar-refractivity contribution in [2.75, 3.05) is 6.61 Å². The average molecular weight is 230 g/mol.